The molecule has 1 aromatic carbocycles. The van der Waals surface area contributed by atoms with Gasteiger partial charge in [0.1, 0.15) is 12.1 Å². The van der Waals surface area contributed by atoms with Crippen LogP contribution in [0.4, 0.5) is 5.82 Å². The standard InChI is InChI=1S/C17H16N6O2/c1-11(12-3-4-14-15(7-12)25-10-24-14)22-16-13-8-21-23(6-2-5-18)17(13)20-9-19-16/h3-4,7-9,11H,2,6,10H2,1H3,(H,19,20,22)/t11-/m0/s1. The number of rotatable bonds is 5. The first-order chi connectivity index (χ1) is 12.3. The van der Waals surface area contributed by atoms with E-state index in [2.05, 4.69) is 26.5 Å². The Kier molecular flexibility index (Phi) is 3.82. The third kappa shape index (κ3) is 2.80. The molecule has 2 aromatic heterocycles. The van der Waals surface area contributed by atoms with Gasteiger partial charge >= 0.3 is 0 Å². The van der Waals surface area contributed by atoms with E-state index in [1.54, 1.807) is 10.9 Å². The molecule has 1 aliphatic rings. The summed E-state index contributed by atoms with van der Waals surface area (Å²) in [5.74, 6) is 2.22. The number of anilines is 1. The van der Waals surface area contributed by atoms with Crippen LogP contribution < -0.4 is 14.8 Å². The number of hydrogen-bond acceptors (Lipinski definition) is 7. The van der Waals surface area contributed by atoms with Gasteiger partial charge in [0, 0.05) is 0 Å². The van der Waals surface area contributed by atoms with E-state index in [0.29, 0.717) is 24.4 Å². The van der Waals surface area contributed by atoms with Crippen LogP contribution in [0.1, 0.15) is 24.9 Å². The monoisotopic (exact) mass is 336 g/mol. The van der Waals surface area contributed by atoms with E-state index < -0.39 is 0 Å². The van der Waals surface area contributed by atoms with Crippen LogP contribution in [0.15, 0.2) is 30.7 Å². The molecule has 8 heteroatoms. The fourth-order valence-electron chi connectivity index (χ4n) is 2.80. The fraction of sp³-hybridized carbons (Fsp3) is 0.294. The van der Waals surface area contributed by atoms with E-state index in [4.69, 9.17) is 14.7 Å². The molecule has 0 fully saturated rings. The summed E-state index contributed by atoms with van der Waals surface area (Å²) in [6, 6.07) is 8.00. The van der Waals surface area contributed by atoms with Gasteiger partial charge in [0.15, 0.2) is 17.1 Å². The highest BCUT2D eigenvalue weighted by molar-refractivity contribution is 5.86. The van der Waals surface area contributed by atoms with E-state index in [-0.39, 0.29) is 12.8 Å². The van der Waals surface area contributed by atoms with Crippen molar-refractivity contribution in [1.82, 2.24) is 19.7 Å². The molecular formula is C17H16N6O2. The second kappa shape index (κ2) is 6.28. The second-order valence-electron chi connectivity index (χ2n) is 5.71. The molecule has 4 rings (SSSR count). The van der Waals surface area contributed by atoms with Crippen LogP contribution in [0, 0.1) is 11.3 Å². The zero-order valence-electron chi connectivity index (χ0n) is 13.6. The quantitative estimate of drug-likeness (QED) is 0.764. The van der Waals surface area contributed by atoms with Gasteiger partial charge in [0.25, 0.3) is 0 Å². The summed E-state index contributed by atoms with van der Waals surface area (Å²) < 4.78 is 12.5. The van der Waals surface area contributed by atoms with Crippen molar-refractivity contribution >= 4 is 16.9 Å². The van der Waals surface area contributed by atoms with Gasteiger partial charge in [-0.15, -0.1) is 0 Å². The molecule has 1 aliphatic heterocycles. The first-order valence-electron chi connectivity index (χ1n) is 7.96. The summed E-state index contributed by atoms with van der Waals surface area (Å²) in [4.78, 5) is 8.63. The number of benzene rings is 1. The Morgan fingerprint density at radius 2 is 2.20 bits per heavy atom. The average molecular weight is 336 g/mol. The van der Waals surface area contributed by atoms with Crippen LogP contribution in [0.3, 0.4) is 0 Å². The van der Waals surface area contributed by atoms with Crippen molar-refractivity contribution in [1.29, 1.82) is 5.26 Å². The van der Waals surface area contributed by atoms with Gasteiger partial charge in [-0.2, -0.15) is 10.4 Å². The number of nitrogens with zero attached hydrogens (tertiary/aromatic N) is 5. The maximum Gasteiger partial charge on any atom is 0.231 e. The molecule has 0 saturated heterocycles. The third-order valence-corrected chi connectivity index (χ3v) is 4.12. The Morgan fingerprint density at radius 3 is 3.08 bits per heavy atom. The topological polar surface area (TPSA) is 97.9 Å². The number of hydrogen-bond donors (Lipinski definition) is 1. The number of fused-ring (bicyclic) bond motifs is 2. The minimum absolute atomic E-state index is 0.00931. The van der Waals surface area contributed by atoms with Gasteiger partial charge < -0.3 is 14.8 Å². The summed E-state index contributed by atoms with van der Waals surface area (Å²) >= 11 is 0. The average Bonchev–Trinajstić information content (AvgIpc) is 3.26. The van der Waals surface area contributed by atoms with Gasteiger partial charge in [0.05, 0.1) is 36.7 Å². The molecular weight excluding hydrogens is 320 g/mol. The lowest BCUT2D eigenvalue weighted by molar-refractivity contribution is 0.174. The molecule has 0 aliphatic carbocycles. The van der Waals surface area contributed by atoms with E-state index in [1.807, 2.05) is 25.1 Å². The maximum atomic E-state index is 8.75. The molecule has 0 saturated carbocycles. The van der Waals surface area contributed by atoms with Crippen molar-refractivity contribution in [3.8, 4) is 17.6 Å². The lowest BCUT2D eigenvalue weighted by Crippen LogP contribution is -2.09. The van der Waals surface area contributed by atoms with E-state index in [1.165, 1.54) is 6.33 Å². The van der Waals surface area contributed by atoms with Crippen LogP contribution in [0.5, 0.6) is 11.5 Å². The lowest BCUT2D eigenvalue weighted by atomic mass is 10.1. The number of aryl methyl sites for hydroxylation is 1. The summed E-state index contributed by atoms with van der Waals surface area (Å²) in [6.07, 6.45) is 3.61. The number of nitriles is 1. The van der Waals surface area contributed by atoms with E-state index >= 15 is 0 Å². The van der Waals surface area contributed by atoms with Crippen molar-refractivity contribution < 1.29 is 9.47 Å². The van der Waals surface area contributed by atoms with Crippen LogP contribution in [0.2, 0.25) is 0 Å². The third-order valence-electron chi connectivity index (χ3n) is 4.12. The van der Waals surface area contributed by atoms with Gasteiger partial charge in [-0.1, -0.05) is 6.07 Å². The Labute approximate surface area is 144 Å². The smallest absolute Gasteiger partial charge is 0.231 e. The first-order valence-corrected chi connectivity index (χ1v) is 7.96. The molecule has 1 N–H and O–H groups in total. The Bertz CT molecular complexity index is 961. The highest BCUT2D eigenvalue weighted by Crippen LogP contribution is 2.35. The van der Waals surface area contributed by atoms with E-state index in [0.717, 1.165) is 22.4 Å². The molecule has 0 bridgehead atoms. The van der Waals surface area contributed by atoms with Gasteiger partial charge in [-0.3, -0.25) is 0 Å². The van der Waals surface area contributed by atoms with Crippen LogP contribution in [0.25, 0.3) is 11.0 Å². The molecule has 0 amide bonds. The normalized spacial score (nSPS) is 13.6. The first kappa shape index (κ1) is 15.2. The zero-order chi connectivity index (χ0) is 17.2. The lowest BCUT2D eigenvalue weighted by Gasteiger charge is -2.15. The summed E-state index contributed by atoms with van der Waals surface area (Å²) in [5, 5.41) is 17.3. The molecule has 3 aromatic rings. The Hall–Kier alpha value is -3.34. The molecule has 1 atom stereocenters. The van der Waals surface area contributed by atoms with Crippen LogP contribution >= 0.6 is 0 Å². The minimum Gasteiger partial charge on any atom is -0.454 e. The fourth-order valence-corrected chi connectivity index (χ4v) is 2.80. The Morgan fingerprint density at radius 1 is 1.32 bits per heavy atom. The van der Waals surface area contributed by atoms with Crippen molar-refractivity contribution in [3.63, 3.8) is 0 Å². The minimum atomic E-state index is 0.00931. The largest absolute Gasteiger partial charge is 0.454 e. The molecule has 25 heavy (non-hydrogen) atoms. The molecule has 8 nitrogen and oxygen atoms in total. The van der Waals surface area contributed by atoms with Gasteiger partial charge in [-0.05, 0) is 24.6 Å². The Balaban J connectivity index is 1.60. The predicted molar refractivity (Wildman–Crippen MR) is 90.2 cm³/mol. The second-order valence-corrected chi connectivity index (χ2v) is 5.71. The number of ether oxygens (including phenoxy) is 2. The van der Waals surface area contributed by atoms with Gasteiger partial charge in [0.2, 0.25) is 6.79 Å². The molecule has 126 valence electrons. The van der Waals surface area contributed by atoms with Crippen LogP contribution in [-0.4, -0.2) is 26.5 Å². The summed E-state index contributed by atoms with van der Waals surface area (Å²) in [5.41, 5.74) is 1.78. The number of aromatic nitrogens is 4. The summed E-state index contributed by atoms with van der Waals surface area (Å²) in [6.45, 7) is 2.81. The van der Waals surface area contributed by atoms with Crippen molar-refractivity contribution in [2.75, 3.05) is 12.1 Å². The molecule has 0 radical (unpaired) electrons. The molecule has 0 unspecified atom stereocenters. The van der Waals surface area contributed by atoms with Crippen molar-refractivity contribution in [3.05, 3.63) is 36.3 Å². The number of nitrogens with one attached hydrogen (secondary N) is 1. The van der Waals surface area contributed by atoms with Crippen molar-refractivity contribution in [2.24, 2.45) is 0 Å². The highest BCUT2D eigenvalue weighted by Gasteiger charge is 2.17. The van der Waals surface area contributed by atoms with E-state index in [9.17, 15) is 0 Å². The zero-order valence-corrected chi connectivity index (χ0v) is 13.6. The van der Waals surface area contributed by atoms with Crippen molar-refractivity contribution in [2.45, 2.75) is 25.9 Å². The maximum absolute atomic E-state index is 8.75. The van der Waals surface area contributed by atoms with Gasteiger partial charge in [-0.25, -0.2) is 14.6 Å². The highest BCUT2D eigenvalue weighted by atomic mass is 16.7. The predicted octanol–water partition coefficient (Wildman–Crippen LogP) is 2.64. The SMILES string of the molecule is C[C@H](Nc1ncnc2c1cnn2CCC#N)c1ccc2c(c1)OCO2. The molecule has 3 heterocycles. The van der Waals surface area contributed by atoms with Crippen LogP contribution in [-0.2, 0) is 6.54 Å². The molecule has 0 spiro atoms. The summed E-state index contributed by atoms with van der Waals surface area (Å²) in [7, 11) is 0.